The summed E-state index contributed by atoms with van der Waals surface area (Å²) in [5.74, 6) is -0.569. The smallest absolute Gasteiger partial charge is 0.251 e. The molecule has 3 aromatic rings. The number of hydrogen-bond acceptors (Lipinski definition) is 4. The second kappa shape index (κ2) is 8.35. The number of rotatable bonds is 5. The topological polar surface area (TPSA) is 71.1 Å². The summed E-state index contributed by atoms with van der Waals surface area (Å²) >= 11 is 1.38. The number of fused-ring (bicyclic) bond motifs is 1. The van der Waals surface area contributed by atoms with Crippen molar-refractivity contribution in [1.82, 2.24) is 10.3 Å². The van der Waals surface area contributed by atoms with Crippen LogP contribution in [0.15, 0.2) is 53.9 Å². The summed E-state index contributed by atoms with van der Waals surface area (Å²) < 4.78 is 0. The Morgan fingerprint density at radius 1 is 1.00 bits per heavy atom. The average molecular weight is 391 g/mol. The molecule has 1 aromatic heterocycles. The van der Waals surface area contributed by atoms with Crippen molar-refractivity contribution < 1.29 is 9.59 Å². The summed E-state index contributed by atoms with van der Waals surface area (Å²) in [6, 6.07) is 15.3. The third-order valence-corrected chi connectivity index (χ3v) is 5.60. The van der Waals surface area contributed by atoms with E-state index < -0.39 is 0 Å². The van der Waals surface area contributed by atoms with Crippen LogP contribution in [0.1, 0.15) is 34.3 Å². The molecule has 28 heavy (non-hydrogen) atoms. The standard InChI is InChI=1S/C22H21N3O2S/c26-20(13-23-21(27)16-7-2-1-3-8-16)25-22-24-19(14-28-22)18-11-10-15-6-4-5-9-17(15)12-18/h1-3,7-8,10-12,14H,4-6,9,13H2,(H,23,27)(H,24,25,26). The number of nitrogens with zero attached hydrogens (tertiary/aromatic N) is 1. The summed E-state index contributed by atoms with van der Waals surface area (Å²) in [6.07, 6.45) is 4.78. The van der Waals surface area contributed by atoms with E-state index in [0.29, 0.717) is 10.7 Å². The molecule has 142 valence electrons. The number of anilines is 1. The number of nitrogens with one attached hydrogen (secondary N) is 2. The Bertz CT molecular complexity index is 998. The van der Waals surface area contributed by atoms with Gasteiger partial charge in [-0.25, -0.2) is 4.98 Å². The number of aryl methyl sites for hydroxylation is 2. The highest BCUT2D eigenvalue weighted by Crippen LogP contribution is 2.29. The first-order chi connectivity index (χ1) is 13.7. The maximum atomic E-state index is 12.1. The quantitative estimate of drug-likeness (QED) is 0.689. The molecular weight excluding hydrogens is 370 g/mol. The van der Waals surface area contributed by atoms with Gasteiger partial charge in [-0.05, 0) is 55.0 Å². The molecular formula is C22H21N3O2S. The zero-order chi connectivity index (χ0) is 19.3. The Kier molecular flexibility index (Phi) is 5.48. The molecule has 0 aliphatic heterocycles. The molecule has 6 heteroatoms. The largest absolute Gasteiger partial charge is 0.343 e. The third kappa shape index (κ3) is 4.28. The fourth-order valence-electron chi connectivity index (χ4n) is 3.37. The van der Waals surface area contributed by atoms with Crippen LogP contribution in [-0.2, 0) is 17.6 Å². The van der Waals surface area contributed by atoms with Crippen molar-refractivity contribution in [2.45, 2.75) is 25.7 Å². The van der Waals surface area contributed by atoms with Crippen molar-refractivity contribution >= 4 is 28.3 Å². The number of hydrogen-bond donors (Lipinski definition) is 2. The molecule has 0 atom stereocenters. The van der Waals surface area contributed by atoms with Crippen molar-refractivity contribution in [1.29, 1.82) is 0 Å². The number of carbonyl (C=O) groups is 2. The second-order valence-corrected chi connectivity index (χ2v) is 7.68. The number of carbonyl (C=O) groups excluding carboxylic acids is 2. The van der Waals surface area contributed by atoms with Gasteiger partial charge in [0.25, 0.3) is 5.91 Å². The average Bonchev–Trinajstić information content (AvgIpc) is 3.20. The van der Waals surface area contributed by atoms with Crippen molar-refractivity contribution in [3.8, 4) is 11.3 Å². The second-order valence-electron chi connectivity index (χ2n) is 6.83. The normalized spacial score (nSPS) is 12.9. The number of amides is 2. The summed E-state index contributed by atoms with van der Waals surface area (Å²) in [5, 5.41) is 7.85. The number of thiazole rings is 1. The molecule has 0 saturated heterocycles. The summed E-state index contributed by atoms with van der Waals surface area (Å²) in [7, 11) is 0. The Morgan fingerprint density at radius 3 is 2.61 bits per heavy atom. The molecule has 2 amide bonds. The van der Waals surface area contributed by atoms with Crippen LogP contribution in [0.25, 0.3) is 11.3 Å². The van der Waals surface area contributed by atoms with Crippen LogP contribution in [0.3, 0.4) is 0 Å². The van der Waals surface area contributed by atoms with Crippen LogP contribution in [0.2, 0.25) is 0 Å². The van der Waals surface area contributed by atoms with Gasteiger partial charge in [0, 0.05) is 16.5 Å². The molecule has 0 fully saturated rings. The minimum atomic E-state index is -0.296. The first kappa shape index (κ1) is 18.4. The van der Waals surface area contributed by atoms with Crippen molar-refractivity contribution in [2.24, 2.45) is 0 Å². The van der Waals surface area contributed by atoms with E-state index in [0.717, 1.165) is 24.1 Å². The molecule has 4 rings (SSSR count). The van der Waals surface area contributed by atoms with Crippen LogP contribution in [-0.4, -0.2) is 23.3 Å². The Morgan fingerprint density at radius 2 is 1.79 bits per heavy atom. The van der Waals surface area contributed by atoms with Crippen LogP contribution in [0, 0.1) is 0 Å². The fraction of sp³-hybridized carbons (Fsp3) is 0.227. The van der Waals surface area contributed by atoms with Gasteiger partial charge in [0.15, 0.2) is 5.13 Å². The van der Waals surface area contributed by atoms with Crippen molar-refractivity contribution in [3.63, 3.8) is 0 Å². The van der Waals surface area contributed by atoms with Gasteiger partial charge in [0.05, 0.1) is 12.2 Å². The monoisotopic (exact) mass is 391 g/mol. The maximum absolute atomic E-state index is 12.1. The third-order valence-electron chi connectivity index (χ3n) is 4.84. The van der Waals surface area contributed by atoms with E-state index in [2.05, 4.69) is 33.8 Å². The van der Waals surface area contributed by atoms with E-state index in [-0.39, 0.29) is 18.4 Å². The fourth-order valence-corrected chi connectivity index (χ4v) is 4.11. The van der Waals surface area contributed by atoms with Crippen LogP contribution in [0.4, 0.5) is 5.13 Å². The molecule has 5 nitrogen and oxygen atoms in total. The summed E-state index contributed by atoms with van der Waals surface area (Å²) in [6.45, 7) is -0.0957. The Labute approximate surface area is 167 Å². The highest BCUT2D eigenvalue weighted by molar-refractivity contribution is 7.14. The molecule has 2 aromatic carbocycles. The van der Waals surface area contributed by atoms with E-state index in [1.165, 1.54) is 35.3 Å². The minimum absolute atomic E-state index is 0.0957. The van der Waals surface area contributed by atoms with Gasteiger partial charge in [0.1, 0.15) is 0 Å². The summed E-state index contributed by atoms with van der Waals surface area (Å²) in [4.78, 5) is 28.7. The molecule has 1 aliphatic rings. The predicted octanol–water partition coefficient (Wildman–Crippen LogP) is 4.06. The molecule has 0 bridgehead atoms. The molecule has 1 aliphatic carbocycles. The zero-order valence-electron chi connectivity index (χ0n) is 15.4. The lowest BCUT2D eigenvalue weighted by atomic mass is 9.90. The zero-order valence-corrected chi connectivity index (χ0v) is 16.2. The van der Waals surface area contributed by atoms with Gasteiger partial charge in [-0.1, -0.05) is 30.3 Å². The van der Waals surface area contributed by atoms with Crippen LogP contribution >= 0.6 is 11.3 Å². The van der Waals surface area contributed by atoms with Crippen molar-refractivity contribution in [3.05, 3.63) is 70.6 Å². The van der Waals surface area contributed by atoms with Crippen LogP contribution in [0.5, 0.6) is 0 Å². The molecule has 0 saturated carbocycles. The number of aromatic nitrogens is 1. The summed E-state index contributed by atoms with van der Waals surface area (Å²) in [5.41, 5.74) is 5.31. The molecule has 0 spiro atoms. The van der Waals surface area contributed by atoms with Gasteiger partial charge in [-0.3, -0.25) is 9.59 Å². The highest BCUT2D eigenvalue weighted by atomic mass is 32.1. The lowest BCUT2D eigenvalue weighted by Crippen LogP contribution is -2.32. The van der Waals surface area contributed by atoms with E-state index in [9.17, 15) is 9.59 Å². The maximum Gasteiger partial charge on any atom is 0.251 e. The minimum Gasteiger partial charge on any atom is -0.343 e. The van der Waals surface area contributed by atoms with Crippen molar-refractivity contribution in [2.75, 3.05) is 11.9 Å². The molecule has 1 heterocycles. The SMILES string of the molecule is O=C(CNC(=O)c1ccccc1)Nc1nc(-c2ccc3c(c2)CCCC3)cs1. The van der Waals surface area contributed by atoms with E-state index in [1.54, 1.807) is 24.3 Å². The van der Waals surface area contributed by atoms with E-state index in [1.807, 2.05) is 11.4 Å². The van der Waals surface area contributed by atoms with Gasteiger partial charge in [0.2, 0.25) is 5.91 Å². The van der Waals surface area contributed by atoms with E-state index >= 15 is 0 Å². The Hall–Kier alpha value is -2.99. The van der Waals surface area contributed by atoms with Gasteiger partial charge in [-0.2, -0.15) is 0 Å². The van der Waals surface area contributed by atoms with E-state index in [4.69, 9.17) is 0 Å². The van der Waals surface area contributed by atoms with Gasteiger partial charge in [-0.15, -0.1) is 11.3 Å². The highest BCUT2D eigenvalue weighted by Gasteiger charge is 2.13. The first-order valence-corrected chi connectivity index (χ1v) is 10.3. The number of benzene rings is 2. The van der Waals surface area contributed by atoms with Gasteiger partial charge < -0.3 is 10.6 Å². The molecule has 0 unspecified atom stereocenters. The van der Waals surface area contributed by atoms with Gasteiger partial charge >= 0.3 is 0 Å². The first-order valence-electron chi connectivity index (χ1n) is 9.40. The lowest BCUT2D eigenvalue weighted by Gasteiger charge is -2.16. The molecule has 0 radical (unpaired) electrons. The molecule has 2 N–H and O–H groups in total. The Balaban J connectivity index is 1.35. The van der Waals surface area contributed by atoms with Crippen LogP contribution < -0.4 is 10.6 Å². The lowest BCUT2D eigenvalue weighted by molar-refractivity contribution is -0.115. The predicted molar refractivity (Wildman–Crippen MR) is 112 cm³/mol.